The van der Waals surface area contributed by atoms with Crippen molar-refractivity contribution in [2.75, 3.05) is 6.54 Å². The van der Waals surface area contributed by atoms with Gasteiger partial charge < -0.3 is 15.9 Å². The Balaban J connectivity index is 3.58. The first kappa shape index (κ1) is 8.74. The van der Waals surface area contributed by atoms with Gasteiger partial charge in [0.1, 0.15) is 0 Å². The fourth-order valence-corrected chi connectivity index (χ4v) is 0.350. The highest BCUT2D eigenvalue weighted by Crippen LogP contribution is 2.16. The monoisotopic (exact) mass is 141 g/mol. The van der Waals surface area contributed by atoms with Crippen molar-refractivity contribution in [3.05, 3.63) is 0 Å². The minimum Gasteiger partial charge on any atom is -0.368 e. The van der Waals surface area contributed by atoms with Gasteiger partial charge >= 0.3 is 0 Å². The first-order valence-electron chi connectivity index (χ1n) is 2.42. The number of alkyl halides is 2. The quantitative estimate of drug-likeness (QED) is 0.454. The normalized spacial score (nSPS) is 12.7. The molecule has 0 aromatic heterocycles. The third kappa shape index (κ3) is 4.26. The van der Waals surface area contributed by atoms with Crippen molar-refractivity contribution in [2.45, 2.75) is 18.6 Å². The van der Waals surface area contributed by atoms with Crippen molar-refractivity contribution >= 4 is 0 Å². The maximum absolute atomic E-state index is 12.0. The van der Waals surface area contributed by atoms with Gasteiger partial charge in [0.25, 0.3) is 5.92 Å². The average molecular weight is 141 g/mol. The molecule has 56 valence electrons. The molecule has 0 amide bonds. The molecule has 4 N–H and O–H groups in total. The number of nitrogens with two attached hydrogens (primary N) is 1. The van der Waals surface area contributed by atoms with Gasteiger partial charge in [0, 0.05) is 0 Å². The number of halogens is 2. The molecule has 0 aromatic rings. The van der Waals surface area contributed by atoms with E-state index in [2.05, 4.69) is 5.73 Å². The number of rotatable bonds is 3. The third-order valence-electron chi connectivity index (χ3n) is 0.780. The molecule has 0 unspecified atom stereocenters. The van der Waals surface area contributed by atoms with Crippen LogP contribution in [0.15, 0.2) is 0 Å². The van der Waals surface area contributed by atoms with Gasteiger partial charge in [-0.3, -0.25) is 0 Å². The summed E-state index contributed by atoms with van der Waals surface area (Å²) >= 11 is 0. The molecule has 0 aromatic carbocycles. The van der Waals surface area contributed by atoms with E-state index in [-0.39, 0.29) is 0 Å². The fourth-order valence-electron chi connectivity index (χ4n) is 0.350. The van der Waals surface area contributed by atoms with Gasteiger partial charge in [-0.15, -0.1) is 0 Å². The van der Waals surface area contributed by atoms with Gasteiger partial charge in [-0.2, -0.15) is 0 Å². The molecule has 0 heterocycles. The summed E-state index contributed by atoms with van der Waals surface area (Å²) in [6.45, 7) is -0.857. The molecule has 0 saturated heterocycles. The van der Waals surface area contributed by atoms with Crippen molar-refractivity contribution in [3.8, 4) is 0 Å². The second-order valence-corrected chi connectivity index (χ2v) is 1.74. The summed E-state index contributed by atoms with van der Waals surface area (Å²) in [7, 11) is 0. The molecule has 0 fully saturated rings. The van der Waals surface area contributed by atoms with Gasteiger partial charge in [0.15, 0.2) is 6.29 Å². The van der Waals surface area contributed by atoms with E-state index < -0.39 is 25.2 Å². The van der Waals surface area contributed by atoms with Crippen LogP contribution in [0.3, 0.4) is 0 Å². The molecule has 0 saturated carbocycles. The molecule has 5 heteroatoms. The second-order valence-electron chi connectivity index (χ2n) is 1.74. The predicted molar refractivity (Wildman–Crippen MR) is 26.8 cm³/mol. The van der Waals surface area contributed by atoms with E-state index in [1.165, 1.54) is 0 Å². The Bertz CT molecular complexity index is 86.6. The molecular weight excluding hydrogens is 132 g/mol. The predicted octanol–water partition coefficient (Wildman–Crippen LogP) is -0.719. The van der Waals surface area contributed by atoms with Crippen LogP contribution in [-0.2, 0) is 0 Å². The van der Waals surface area contributed by atoms with Crippen LogP contribution in [0.2, 0.25) is 0 Å². The highest BCUT2D eigenvalue weighted by molar-refractivity contribution is 4.66. The van der Waals surface area contributed by atoms with E-state index in [0.717, 1.165) is 0 Å². The summed E-state index contributed by atoms with van der Waals surface area (Å²) in [4.78, 5) is 0. The molecule has 3 nitrogen and oxygen atoms in total. The van der Waals surface area contributed by atoms with Crippen LogP contribution in [0.25, 0.3) is 0 Å². The number of aliphatic hydroxyl groups excluding tert-OH is 1. The Morgan fingerprint density at radius 1 is 1.44 bits per heavy atom. The lowest BCUT2D eigenvalue weighted by molar-refractivity contribution is -0.115. The summed E-state index contributed by atoms with van der Waals surface area (Å²) in [6.07, 6.45) is -2.98. The molecule has 0 radical (unpaired) electrons. The van der Waals surface area contributed by atoms with Gasteiger partial charge in [-0.25, -0.2) is 8.78 Å². The van der Waals surface area contributed by atoms with E-state index in [1.54, 1.807) is 0 Å². The topological polar surface area (TPSA) is 66.5 Å². The van der Waals surface area contributed by atoms with Gasteiger partial charge in [-0.1, -0.05) is 0 Å². The van der Waals surface area contributed by atoms with Crippen LogP contribution >= 0.6 is 0 Å². The van der Waals surface area contributed by atoms with Crippen molar-refractivity contribution in [1.29, 1.82) is 0 Å². The Morgan fingerprint density at radius 3 is 2.00 bits per heavy atom. The summed E-state index contributed by atoms with van der Waals surface area (Å²) < 4.78 is 23.9. The average Bonchev–Trinajstić information content (AvgIpc) is 1.63. The maximum Gasteiger partial charge on any atom is 0.264 e. The highest BCUT2D eigenvalue weighted by Gasteiger charge is 2.29. The number of hydrogen-bond acceptors (Lipinski definition) is 3. The van der Waals surface area contributed by atoms with Crippen LogP contribution in [0.4, 0.5) is 8.78 Å². The van der Waals surface area contributed by atoms with Gasteiger partial charge in [0.2, 0.25) is 0 Å². The Morgan fingerprint density at radius 2 is 1.89 bits per heavy atom. The summed E-state index contributed by atoms with van der Waals surface area (Å²) in [5.74, 6) is -3.16. The summed E-state index contributed by atoms with van der Waals surface area (Å²) in [5, 5.41) is 16.1. The lowest BCUT2D eigenvalue weighted by atomic mass is 10.2. The van der Waals surface area contributed by atoms with Crippen molar-refractivity contribution in [3.63, 3.8) is 0 Å². The molecule has 0 aliphatic heterocycles. The van der Waals surface area contributed by atoms with Crippen LogP contribution in [0, 0.1) is 0 Å². The zero-order valence-electron chi connectivity index (χ0n) is 4.72. The Labute approximate surface area is 51.1 Å². The number of aliphatic hydroxyl groups is 2. The zero-order valence-corrected chi connectivity index (χ0v) is 4.72. The SMILES string of the molecule is NCC(F)(F)CC(O)O. The maximum atomic E-state index is 12.0. The van der Waals surface area contributed by atoms with E-state index in [9.17, 15) is 8.78 Å². The number of hydrogen-bond donors (Lipinski definition) is 3. The molecule has 0 aliphatic carbocycles. The second kappa shape index (κ2) is 3.05. The summed E-state index contributed by atoms with van der Waals surface area (Å²) in [5.41, 5.74) is 4.58. The molecule has 9 heavy (non-hydrogen) atoms. The lowest BCUT2D eigenvalue weighted by Crippen LogP contribution is -2.32. The van der Waals surface area contributed by atoms with Crippen LogP contribution in [0.5, 0.6) is 0 Å². The molecule has 0 atom stereocenters. The van der Waals surface area contributed by atoms with E-state index in [4.69, 9.17) is 10.2 Å². The Kier molecular flexibility index (Phi) is 2.96. The van der Waals surface area contributed by atoms with Crippen LogP contribution in [-0.4, -0.2) is 29.0 Å². The van der Waals surface area contributed by atoms with Crippen LogP contribution in [0.1, 0.15) is 6.42 Å². The first-order valence-corrected chi connectivity index (χ1v) is 2.42. The van der Waals surface area contributed by atoms with Gasteiger partial charge in [0.05, 0.1) is 13.0 Å². The standard InChI is InChI=1S/C4H9F2NO2/c5-4(6,2-7)1-3(8)9/h3,8-9H,1-2,7H2. The fraction of sp³-hybridized carbons (Fsp3) is 1.00. The molecular formula is C4H9F2NO2. The molecule has 0 bridgehead atoms. The first-order chi connectivity index (χ1) is 3.98. The van der Waals surface area contributed by atoms with E-state index >= 15 is 0 Å². The minimum atomic E-state index is -3.16. The largest absolute Gasteiger partial charge is 0.368 e. The van der Waals surface area contributed by atoms with Gasteiger partial charge in [-0.05, 0) is 0 Å². The molecule has 0 aliphatic rings. The molecule has 0 rings (SSSR count). The highest BCUT2D eigenvalue weighted by atomic mass is 19.3. The van der Waals surface area contributed by atoms with E-state index in [1.807, 2.05) is 0 Å². The third-order valence-corrected chi connectivity index (χ3v) is 0.780. The Hall–Kier alpha value is -0.260. The minimum absolute atomic E-state index is 0.857. The molecule has 0 spiro atoms. The summed E-state index contributed by atoms with van der Waals surface area (Å²) in [6, 6.07) is 0. The van der Waals surface area contributed by atoms with Crippen molar-refractivity contribution in [1.82, 2.24) is 0 Å². The smallest absolute Gasteiger partial charge is 0.264 e. The zero-order chi connectivity index (χ0) is 7.49. The lowest BCUT2D eigenvalue weighted by Gasteiger charge is -2.13. The van der Waals surface area contributed by atoms with E-state index in [0.29, 0.717) is 0 Å². The van der Waals surface area contributed by atoms with Crippen molar-refractivity contribution < 1.29 is 19.0 Å². The van der Waals surface area contributed by atoms with Crippen LogP contribution < -0.4 is 5.73 Å². The van der Waals surface area contributed by atoms with Crippen molar-refractivity contribution in [2.24, 2.45) is 5.73 Å².